The number of rotatable bonds is 3. The van der Waals surface area contributed by atoms with Gasteiger partial charge in [0.05, 0.1) is 0 Å². The van der Waals surface area contributed by atoms with E-state index in [9.17, 15) is 9.59 Å². The molecule has 5 nitrogen and oxygen atoms in total. The molecule has 3 unspecified atom stereocenters. The predicted octanol–water partition coefficient (Wildman–Crippen LogP) is 1.84. The number of anilines is 1. The molecule has 1 aromatic rings. The van der Waals surface area contributed by atoms with Crippen molar-refractivity contribution in [3.05, 3.63) is 29.8 Å². The van der Waals surface area contributed by atoms with Gasteiger partial charge in [-0.1, -0.05) is 13.0 Å². The molecular weight excluding hydrogens is 278 g/mol. The van der Waals surface area contributed by atoms with Crippen molar-refractivity contribution in [3.63, 3.8) is 0 Å². The fourth-order valence-electron chi connectivity index (χ4n) is 3.03. The van der Waals surface area contributed by atoms with Crippen LogP contribution >= 0.6 is 0 Å². The Morgan fingerprint density at radius 2 is 2.14 bits per heavy atom. The molecule has 118 valence electrons. The average molecular weight is 301 g/mol. The van der Waals surface area contributed by atoms with E-state index in [2.05, 4.69) is 12.2 Å². The first-order valence-corrected chi connectivity index (χ1v) is 8.00. The predicted molar refractivity (Wildman–Crippen MR) is 85.5 cm³/mol. The highest BCUT2D eigenvalue weighted by molar-refractivity contribution is 5.98. The van der Waals surface area contributed by atoms with Gasteiger partial charge in [0, 0.05) is 36.3 Å². The van der Waals surface area contributed by atoms with E-state index in [1.54, 1.807) is 17.0 Å². The Kier molecular flexibility index (Phi) is 4.16. The highest BCUT2D eigenvalue weighted by Crippen LogP contribution is 2.38. The molecule has 2 amide bonds. The van der Waals surface area contributed by atoms with Crippen LogP contribution in [0, 0.1) is 11.8 Å². The first kappa shape index (κ1) is 15.0. The third kappa shape index (κ3) is 3.30. The van der Waals surface area contributed by atoms with Crippen molar-refractivity contribution >= 4 is 17.5 Å². The standard InChI is InChI=1S/C17H23N3O2/c1-11-8-15(11)16(21)19-14-6-2-4-12(9-14)17(22)20-7-3-5-13(18)10-20/h2,4,6,9,11,13,15H,3,5,7-8,10,18H2,1H3,(H,19,21). The number of nitrogens with zero attached hydrogens (tertiary/aromatic N) is 1. The molecule has 0 radical (unpaired) electrons. The third-order valence-electron chi connectivity index (χ3n) is 4.57. The highest BCUT2D eigenvalue weighted by atomic mass is 16.2. The van der Waals surface area contributed by atoms with E-state index in [1.165, 1.54) is 0 Å². The van der Waals surface area contributed by atoms with Gasteiger partial charge in [0.25, 0.3) is 5.91 Å². The van der Waals surface area contributed by atoms with Crippen LogP contribution in [0.15, 0.2) is 24.3 Å². The Balaban J connectivity index is 1.67. The quantitative estimate of drug-likeness (QED) is 0.894. The van der Waals surface area contributed by atoms with E-state index < -0.39 is 0 Å². The number of piperidine rings is 1. The molecule has 3 N–H and O–H groups in total. The number of amides is 2. The van der Waals surface area contributed by atoms with Crippen LogP contribution in [-0.2, 0) is 4.79 Å². The minimum absolute atomic E-state index is 0.00830. The second kappa shape index (κ2) is 6.08. The van der Waals surface area contributed by atoms with Gasteiger partial charge in [-0.3, -0.25) is 9.59 Å². The number of carbonyl (C=O) groups excluding carboxylic acids is 2. The summed E-state index contributed by atoms with van der Waals surface area (Å²) in [6, 6.07) is 7.25. The molecule has 0 spiro atoms. The Bertz CT molecular complexity index is 587. The van der Waals surface area contributed by atoms with Crippen molar-refractivity contribution in [3.8, 4) is 0 Å². The number of nitrogens with two attached hydrogens (primary N) is 1. The molecular formula is C17H23N3O2. The van der Waals surface area contributed by atoms with E-state index in [-0.39, 0.29) is 23.8 Å². The van der Waals surface area contributed by atoms with Crippen molar-refractivity contribution in [2.45, 2.75) is 32.2 Å². The van der Waals surface area contributed by atoms with E-state index in [1.807, 2.05) is 12.1 Å². The number of likely N-dealkylation sites (tertiary alicyclic amines) is 1. The molecule has 0 aromatic heterocycles. The van der Waals surface area contributed by atoms with Crippen LogP contribution in [0.4, 0.5) is 5.69 Å². The number of nitrogens with one attached hydrogen (secondary N) is 1. The van der Waals surface area contributed by atoms with Gasteiger partial charge < -0.3 is 16.0 Å². The molecule has 2 aliphatic rings. The normalized spacial score (nSPS) is 27.4. The zero-order chi connectivity index (χ0) is 15.7. The highest BCUT2D eigenvalue weighted by Gasteiger charge is 2.39. The topological polar surface area (TPSA) is 75.4 Å². The van der Waals surface area contributed by atoms with Gasteiger partial charge in [-0.15, -0.1) is 0 Å². The van der Waals surface area contributed by atoms with E-state index in [0.717, 1.165) is 25.8 Å². The summed E-state index contributed by atoms with van der Waals surface area (Å²) in [7, 11) is 0. The summed E-state index contributed by atoms with van der Waals surface area (Å²) >= 11 is 0. The average Bonchev–Trinajstić information content (AvgIpc) is 3.24. The maximum Gasteiger partial charge on any atom is 0.253 e. The van der Waals surface area contributed by atoms with Gasteiger partial charge in [0.15, 0.2) is 0 Å². The van der Waals surface area contributed by atoms with Crippen LogP contribution < -0.4 is 11.1 Å². The monoisotopic (exact) mass is 301 g/mol. The lowest BCUT2D eigenvalue weighted by Gasteiger charge is -2.30. The van der Waals surface area contributed by atoms with Crippen molar-refractivity contribution < 1.29 is 9.59 Å². The fourth-order valence-corrected chi connectivity index (χ4v) is 3.03. The zero-order valence-electron chi connectivity index (χ0n) is 12.9. The van der Waals surface area contributed by atoms with Crippen molar-refractivity contribution in [2.24, 2.45) is 17.6 Å². The van der Waals surface area contributed by atoms with Crippen LogP contribution in [0.2, 0.25) is 0 Å². The largest absolute Gasteiger partial charge is 0.337 e. The van der Waals surface area contributed by atoms with Crippen LogP contribution in [0.3, 0.4) is 0 Å². The van der Waals surface area contributed by atoms with Crippen LogP contribution in [0.1, 0.15) is 36.5 Å². The Morgan fingerprint density at radius 1 is 1.36 bits per heavy atom. The lowest BCUT2D eigenvalue weighted by atomic mass is 10.1. The number of hydrogen-bond acceptors (Lipinski definition) is 3. The minimum Gasteiger partial charge on any atom is -0.337 e. The molecule has 1 heterocycles. The summed E-state index contributed by atoms with van der Waals surface area (Å²) in [5.41, 5.74) is 7.24. The summed E-state index contributed by atoms with van der Waals surface area (Å²) in [5.74, 6) is 0.641. The molecule has 1 saturated heterocycles. The summed E-state index contributed by atoms with van der Waals surface area (Å²) < 4.78 is 0. The van der Waals surface area contributed by atoms with Gasteiger partial charge in [-0.25, -0.2) is 0 Å². The molecule has 1 aromatic carbocycles. The van der Waals surface area contributed by atoms with Crippen LogP contribution in [0.25, 0.3) is 0 Å². The Morgan fingerprint density at radius 3 is 2.82 bits per heavy atom. The van der Waals surface area contributed by atoms with Gasteiger partial charge in [-0.05, 0) is 43.4 Å². The molecule has 1 saturated carbocycles. The second-order valence-electron chi connectivity index (χ2n) is 6.54. The van der Waals surface area contributed by atoms with Gasteiger partial charge in [-0.2, -0.15) is 0 Å². The molecule has 1 aliphatic carbocycles. The summed E-state index contributed by atoms with van der Waals surface area (Å²) in [5, 5.41) is 2.91. The van der Waals surface area contributed by atoms with Crippen LogP contribution in [-0.4, -0.2) is 35.8 Å². The molecule has 5 heteroatoms. The van der Waals surface area contributed by atoms with Crippen LogP contribution in [0.5, 0.6) is 0 Å². The summed E-state index contributed by atoms with van der Waals surface area (Å²) in [6.45, 7) is 3.43. The first-order chi connectivity index (χ1) is 10.5. The third-order valence-corrected chi connectivity index (χ3v) is 4.57. The lowest BCUT2D eigenvalue weighted by Crippen LogP contribution is -2.45. The molecule has 1 aliphatic heterocycles. The first-order valence-electron chi connectivity index (χ1n) is 8.00. The van der Waals surface area contributed by atoms with E-state index in [0.29, 0.717) is 23.7 Å². The summed E-state index contributed by atoms with van der Waals surface area (Å²) in [6.07, 6.45) is 2.87. The molecule has 0 bridgehead atoms. The minimum atomic E-state index is -0.00830. The van der Waals surface area contributed by atoms with Crippen molar-refractivity contribution in [2.75, 3.05) is 18.4 Å². The second-order valence-corrected chi connectivity index (χ2v) is 6.54. The number of carbonyl (C=O) groups is 2. The lowest BCUT2D eigenvalue weighted by molar-refractivity contribution is -0.117. The van der Waals surface area contributed by atoms with Gasteiger partial charge >= 0.3 is 0 Å². The SMILES string of the molecule is CC1CC1C(=O)Nc1cccc(C(=O)N2CCCC(N)C2)c1. The fraction of sp³-hybridized carbons (Fsp3) is 0.529. The number of benzene rings is 1. The smallest absolute Gasteiger partial charge is 0.253 e. The Hall–Kier alpha value is -1.88. The molecule has 22 heavy (non-hydrogen) atoms. The van der Waals surface area contributed by atoms with E-state index in [4.69, 9.17) is 5.73 Å². The van der Waals surface area contributed by atoms with Crippen molar-refractivity contribution in [1.82, 2.24) is 4.90 Å². The molecule has 3 rings (SSSR count). The molecule has 2 fully saturated rings. The van der Waals surface area contributed by atoms with Crippen molar-refractivity contribution in [1.29, 1.82) is 0 Å². The van der Waals surface area contributed by atoms with Gasteiger partial charge in [0.1, 0.15) is 0 Å². The Labute approximate surface area is 130 Å². The van der Waals surface area contributed by atoms with Gasteiger partial charge in [0.2, 0.25) is 5.91 Å². The molecule has 3 atom stereocenters. The zero-order valence-corrected chi connectivity index (χ0v) is 12.9. The maximum absolute atomic E-state index is 12.5. The number of hydrogen-bond donors (Lipinski definition) is 2. The van der Waals surface area contributed by atoms with E-state index >= 15 is 0 Å². The maximum atomic E-state index is 12.5. The summed E-state index contributed by atoms with van der Waals surface area (Å²) in [4.78, 5) is 26.3.